The fourth-order valence-corrected chi connectivity index (χ4v) is 3.86. The number of nitrogens with zero attached hydrogens (tertiary/aromatic N) is 1. The van der Waals surface area contributed by atoms with Gasteiger partial charge in [-0.3, -0.25) is 9.59 Å². The Balaban J connectivity index is 0.000000706. The first-order valence-electron chi connectivity index (χ1n) is 9.03. The van der Waals surface area contributed by atoms with Crippen molar-refractivity contribution in [1.82, 2.24) is 4.57 Å². The molecule has 0 fully saturated rings. The Bertz CT molecular complexity index is 945. The molecule has 1 aromatic carbocycles. The fraction of sp³-hybridized carbons (Fsp3) is 0.273. The maximum absolute atomic E-state index is 12.8. The number of carbonyl (C=O) groups is 2. The van der Waals surface area contributed by atoms with Crippen LogP contribution in [-0.4, -0.2) is 23.7 Å². The molecule has 0 saturated carbocycles. The van der Waals surface area contributed by atoms with Gasteiger partial charge in [0.1, 0.15) is 5.76 Å². The van der Waals surface area contributed by atoms with Crippen molar-refractivity contribution < 1.29 is 23.5 Å². The Kier molecular flexibility index (Phi) is 6.21. The summed E-state index contributed by atoms with van der Waals surface area (Å²) in [4.78, 5) is 27.2. The molecule has 1 aliphatic carbocycles. The molecule has 0 bridgehead atoms. The van der Waals surface area contributed by atoms with E-state index in [4.69, 9.17) is 4.42 Å². The Labute approximate surface area is 162 Å². The second kappa shape index (κ2) is 8.80. The number of benzene rings is 1. The zero-order valence-corrected chi connectivity index (χ0v) is 15.9. The SMILES string of the molecule is COF.Cc1c2c(n(Cc3ccccc3)c1C=O)CC(c1ccco1)CC2=O. The van der Waals surface area contributed by atoms with Crippen molar-refractivity contribution in [3.05, 3.63) is 82.6 Å². The quantitative estimate of drug-likeness (QED) is 0.614. The molecule has 1 atom stereocenters. The molecule has 1 aliphatic rings. The van der Waals surface area contributed by atoms with Crippen LogP contribution in [0.25, 0.3) is 0 Å². The maximum Gasteiger partial charge on any atom is 0.166 e. The van der Waals surface area contributed by atoms with Crippen LogP contribution in [0.5, 0.6) is 0 Å². The Morgan fingerprint density at radius 3 is 2.54 bits per heavy atom. The molecule has 1 unspecified atom stereocenters. The third-order valence-electron chi connectivity index (χ3n) is 5.06. The van der Waals surface area contributed by atoms with E-state index in [0.717, 1.165) is 41.5 Å². The molecule has 0 spiro atoms. The van der Waals surface area contributed by atoms with E-state index in [9.17, 15) is 14.1 Å². The standard InChI is InChI=1S/C21H19NO3.CH3FO/c1-14-18(13-23)22(12-15-6-3-2-4-7-15)17-10-16(11-19(24)21(14)17)20-8-5-9-25-20;1-3-2/h2-9,13,16H,10-12H2,1H3;1H3. The number of rotatable bonds is 4. The average Bonchev–Trinajstić information content (AvgIpc) is 3.31. The summed E-state index contributed by atoms with van der Waals surface area (Å²) < 4.78 is 17.3. The number of ketones is 1. The molecule has 4 rings (SSSR count). The van der Waals surface area contributed by atoms with Crippen LogP contribution < -0.4 is 0 Å². The number of hydrogen-bond acceptors (Lipinski definition) is 4. The molecular weight excluding hydrogens is 361 g/mol. The highest BCUT2D eigenvalue weighted by Crippen LogP contribution is 2.37. The molecule has 6 heteroatoms. The molecule has 0 amide bonds. The van der Waals surface area contributed by atoms with Crippen LogP contribution in [0, 0.1) is 6.92 Å². The van der Waals surface area contributed by atoms with Gasteiger partial charge in [-0.2, -0.15) is 4.94 Å². The first kappa shape index (κ1) is 19.8. The minimum absolute atomic E-state index is 0.0262. The minimum Gasteiger partial charge on any atom is -0.469 e. The number of halogens is 1. The Morgan fingerprint density at radius 1 is 1.21 bits per heavy atom. The van der Waals surface area contributed by atoms with Crippen LogP contribution in [0.3, 0.4) is 0 Å². The Morgan fingerprint density at radius 2 is 1.93 bits per heavy atom. The number of aldehydes is 1. The molecule has 2 heterocycles. The monoisotopic (exact) mass is 383 g/mol. The van der Waals surface area contributed by atoms with Crippen molar-refractivity contribution in [2.75, 3.05) is 7.11 Å². The lowest BCUT2D eigenvalue weighted by atomic mass is 9.84. The van der Waals surface area contributed by atoms with Gasteiger partial charge < -0.3 is 8.98 Å². The van der Waals surface area contributed by atoms with Crippen LogP contribution in [-0.2, 0) is 17.9 Å². The van der Waals surface area contributed by atoms with E-state index in [0.29, 0.717) is 25.1 Å². The first-order chi connectivity index (χ1) is 13.6. The average molecular weight is 383 g/mol. The molecule has 0 radical (unpaired) electrons. The van der Waals surface area contributed by atoms with E-state index < -0.39 is 0 Å². The number of aromatic nitrogens is 1. The van der Waals surface area contributed by atoms with Gasteiger partial charge in [0.25, 0.3) is 0 Å². The Hall–Kier alpha value is -2.99. The van der Waals surface area contributed by atoms with Gasteiger partial charge >= 0.3 is 0 Å². The predicted molar refractivity (Wildman–Crippen MR) is 102 cm³/mol. The van der Waals surface area contributed by atoms with Gasteiger partial charge in [-0.15, -0.1) is 0 Å². The van der Waals surface area contributed by atoms with Crippen molar-refractivity contribution in [3.8, 4) is 0 Å². The van der Waals surface area contributed by atoms with Gasteiger partial charge in [0.15, 0.2) is 12.1 Å². The summed E-state index contributed by atoms with van der Waals surface area (Å²) in [7, 11) is 0.958. The highest BCUT2D eigenvalue weighted by atomic mass is 19.3. The third-order valence-corrected chi connectivity index (χ3v) is 5.06. The van der Waals surface area contributed by atoms with Gasteiger partial charge in [-0.05, 0) is 41.1 Å². The summed E-state index contributed by atoms with van der Waals surface area (Å²) in [6.45, 7) is 2.46. The summed E-state index contributed by atoms with van der Waals surface area (Å²) in [5, 5.41) is 0. The van der Waals surface area contributed by atoms with Crippen LogP contribution in [0.4, 0.5) is 4.53 Å². The zero-order valence-electron chi connectivity index (χ0n) is 15.9. The van der Waals surface area contributed by atoms with Crippen molar-refractivity contribution in [1.29, 1.82) is 0 Å². The van der Waals surface area contributed by atoms with Crippen LogP contribution in [0.2, 0.25) is 0 Å². The predicted octanol–water partition coefficient (Wildman–Crippen LogP) is 4.68. The molecule has 146 valence electrons. The van der Waals surface area contributed by atoms with E-state index >= 15 is 0 Å². The van der Waals surface area contributed by atoms with Crippen LogP contribution in [0.15, 0.2) is 53.1 Å². The highest BCUT2D eigenvalue weighted by Gasteiger charge is 2.34. The number of carbonyl (C=O) groups excluding carboxylic acids is 2. The maximum atomic E-state index is 12.8. The molecule has 28 heavy (non-hydrogen) atoms. The zero-order chi connectivity index (χ0) is 20.1. The van der Waals surface area contributed by atoms with Crippen LogP contribution in [0.1, 0.15) is 55.8 Å². The first-order valence-corrected chi connectivity index (χ1v) is 9.03. The third kappa shape index (κ3) is 3.82. The lowest BCUT2D eigenvalue weighted by molar-refractivity contribution is -0.0960. The molecule has 0 saturated heterocycles. The van der Waals surface area contributed by atoms with E-state index in [1.54, 1.807) is 6.26 Å². The van der Waals surface area contributed by atoms with Gasteiger partial charge in [0.2, 0.25) is 0 Å². The summed E-state index contributed by atoms with van der Waals surface area (Å²) >= 11 is 0. The van der Waals surface area contributed by atoms with Gasteiger partial charge in [0, 0.05) is 30.1 Å². The minimum atomic E-state index is 0.0262. The van der Waals surface area contributed by atoms with Crippen molar-refractivity contribution in [3.63, 3.8) is 0 Å². The lowest BCUT2D eigenvalue weighted by Crippen LogP contribution is -2.21. The molecular formula is C22H22FNO4. The normalized spacial score (nSPS) is 15.5. The molecule has 3 aromatic rings. The number of fused-ring (bicyclic) bond motifs is 1. The second-order valence-electron chi connectivity index (χ2n) is 6.72. The topological polar surface area (TPSA) is 61.4 Å². The van der Waals surface area contributed by atoms with Crippen molar-refractivity contribution in [2.24, 2.45) is 0 Å². The lowest BCUT2D eigenvalue weighted by Gasteiger charge is -2.22. The molecule has 0 aliphatic heterocycles. The second-order valence-corrected chi connectivity index (χ2v) is 6.72. The number of furan rings is 1. The van der Waals surface area contributed by atoms with Crippen molar-refractivity contribution >= 4 is 12.1 Å². The summed E-state index contributed by atoms with van der Waals surface area (Å²) in [5.41, 5.74) is 4.17. The highest BCUT2D eigenvalue weighted by molar-refractivity contribution is 6.02. The summed E-state index contributed by atoms with van der Waals surface area (Å²) in [6, 6.07) is 13.8. The summed E-state index contributed by atoms with van der Waals surface area (Å²) in [5.74, 6) is 0.949. The molecule has 0 N–H and O–H groups in total. The van der Waals surface area contributed by atoms with Crippen LogP contribution >= 0.6 is 0 Å². The van der Waals surface area contributed by atoms with Crippen molar-refractivity contribution in [2.45, 2.75) is 32.2 Å². The number of hydrogen-bond donors (Lipinski definition) is 0. The van der Waals surface area contributed by atoms with E-state index in [2.05, 4.69) is 4.94 Å². The smallest absolute Gasteiger partial charge is 0.166 e. The number of Topliss-reactive ketones (excluding diaryl/α,β-unsaturated/α-hetero) is 1. The van der Waals surface area contributed by atoms with Gasteiger partial charge in [-0.25, -0.2) is 0 Å². The van der Waals surface area contributed by atoms with Gasteiger partial charge in [0.05, 0.1) is 19.1 Å². The molecule has 2 aromatic heterocycles. The van der Waals surface area contributed by atoms with E-state index in [-0.39, 0.29) is 11.7 Å². The van der Waals surface area contributed by atoms with E-state index in [1.807, 2.05) is 54.0 Å². The van der Waals surface area contributed by atoms with Gasteiger partial charge in [-0.1, -0.05) is 30.3 Å². The summed E-state index contributed by atoms with van der Waals surface area (Å²) in [6.07, 6.45) is 3.64. The largest absolute Gasteiger partial charge is 0.469 e. The molecule has 5 nitrogen and oxygen atoms in total. The van der Waals surface area contributed by atoms with E-state index in [1.165, 1.54) is 0 Å². The fourth-order valence-electron chi connectivity index (χ4n) is 3.86.